The van der Waals surface area contributed by atoms with Gasteiger partial charge < -0.3 is 0 Å². The van der Waals surface area contributed by atoms with E-state index in [2.05, 4.69) is 37.6 Å². The average Bonchev–Trinajstić information content (AvgIpc) is 3.12. The smallest absolute Gasteiger partial charge is 0.270 e. The minimum Gasteiger partial charge on any atom is -0.271 e. The third kappa shape index (κ3) is 4.22. The highest BCUT2D eigenvalue weighted by Gasteiger charge is 2.30. The molecule has 0 spiro atoms. The van der Waals surface area contributed by atoms with Crippen LogP contribution in [0.3, 0.4) is 0 Å². The van der Waals surface area contributed by atoms with Gasteiger partial charge in [0.1, 0.15) is 11.9 Å². The maximum atomic E-state index is 13.2. The second kappa shape index (κ2) is 7.73. The Hall–Kier alpha value is -2.29. The molecule has 1 aliphatic rings. The Morgan fingerprint density at radius 1 is 1.08 bits per heavy atom. The summed E-state index contributed by atoms with van der Waals surface area (Å²) in [5, 5.41) is 0. The van der Waals surface area contributed by atoms with Crippen molar-refractivity contribution < 1.29 is 14.0 Å². The Morgan fingerprint density at radius 3 is 2.60 bits per heavy atom. The Labute approximate surface area is 152 Å². The molecule has 0 bridgehead atoms. The van der Waals surface area contributed by atoms with Gasteiger partial charge in [0.05, 0.1) is 5.56 Å². The fourth-order valence-corrected chi connectivity index (χ4v) is 3.00. The van der Waals surface area contributed by atoms with Gasteiger partial charge in [0, 0.05) is 10.5 Å². The highest BCUT2D eigenvalue weighted by Crippen LogP contribution is 2.21. The van der Waals surface area contributed by atoms with Crippen molar-refractivity contribution in [3.8, 4) is 0 Å². The van der Waals surface area contributed by atoms with E-state index in [1.54, 1.807) is 0 Å². The molecule has 0 aliphatic carbocycles. The number of amides is 2. The van der Waals surface area contributed by atoms with Crippen LogP contribution in [0.5, 0.6) is 0 Å². The van der Waals surface area contributed by atoms with Gasteiger partial charge in [-0.3, -0.25) is 20.4 Å². The van der Waals surface area contributed by atoms with Crippen molar-refractivity contribution in [2.24, 2.45) is 0 Å². The van der Waals surface area contributed by atoms with Gasteiger partial charge in [0.15, 0.2) is 0 Å². The largest absolute Gasteiger partial charge is 0.271 e. The number of hydrogen-bond donors (Lipinski definition) is 4. The molecule has 3 rings (SSSR count). The number of nitrogens with one attached hydrogen (secondary N) is 4. The molecule has 1 fully saturated rings. The first-order valence-electron chi connectivity index (χ1n) is 7.66. The second-order valence-corrected chi connectivity index (χ2v) is 6.46. The van der Waals surface area contributed by atoms with E-state index in [1.807, 2.05) is 30.3 Å². The zero-order valence-corrected chi connectivity index (χ0v) is 14.6. The van der Waals surface area contributed by atoms with Crippen LogP contribution in [0, 0.1) is 5.82 Å². The minimum absolute atomic E-state index is 0.00464. The second-order valence-electron chi connectivity index (χ2n) is 5.61. The number of rotatable bonds is 3. The van der Waals surface area contributed by atoms with Crippen molar-refractivity contribution in [3.63, 3.8) is 0 Å². The van der Waals surface area contributed by atoms with Gasteiger partial charge in [-0.2, -0.15) is 0 Å². The van der Waals surface area contributed by atoms with E-state index in [0.29, 0.717) is 10.9 Å². The molecule has 1 heterocycles. The number of halogens is 2. The summed E-state index contributed by atoms with van der Waals surface area (Å²) in [7, 11) is 0. The minimum atomic E-state index is -0.606. The van der Waals surface area contributed by atoms with Crippen LogP contribution in [0.25, 0.3) is 0 Å². The van der Waals surface area contributed by atoms with Crippen molar-refractivity contribution in [3.05, 3.63) is 69.9 Å². The van der Waals surface area contributed by atoms with Gasteiger partial charge in [-0.25, -0.2) is 15.2 Å². The van der Waals surface area contributed by atoms with Crippen LogP contribution in [0.2, 0.25) is 0 Å². The molecular weight excluding hydrogens is 391 g/mol. The molecule has 130 valence electrons. The molecule has 4 N–H and O–H groups in total. The molecule has 2 unspecified atom stereocenters. The lowest BCUT2D eigenvalue weighted by Crippen LogP contribution is -2.50. The van der Waals surface area contributed by atoms with Crippen LogP contribution < -0.4 is 21.7 Å². The number of hydrogen-bond acceptors (Lipinski definition) is 4. The zero-order chi connectivity index (χ0) is 17.8. The maximum absolute atomic E-state index is 13.2. The van der Waals surface area contributed by atoms with Gasteiger partial charge in [-0.05, 0) is 46.1 Å². The molecule has 25 heavy (non-hydrogen) atoms. The van der Waals surface area contributed by atoms with Gasteiger partial charge in [-0.1, -0.05) is 30.3 Å². The third-order valence-corrected chi connectivity index (χ3v) is 4.59. The van der Waals surface area contributed by atoms with E-state index in [4.69, 9.17) is 0 Å². The lowest BCUT2D eigenvalue weighted by molar-refractivity contribution is -0.123. The fourth-order valence-electron chi connectivity index (χ4n) is 2.58. The lowest BCUT2D eigenvalue weighted by atomic mass is 10.0. The van der Waals surface area contributed by atoms with Crippen molar-refractivity contribution in [1.29, 1.82) is 0 Å². The number of hydrazine groups is 2. The summed E-state index contributed by atoms with van der Waals surface area (Å²) in [6, 6.07) is 13.0. The SMILES string of the molecule is O=C(NNC(=O)C1CC(c2ccccc2)NN1)c1cc(F)ccc1Br. The molecule has 0 radical (unpaired) electrons. The van der Waals surface area contributed by atoms with E-state index in [0.717, 1.165) is 11.6 Å². The molecule has 1 aliphatic heterocycles. The molecule has 0 aromatic heterocycles. The van der Waals surface area contributed by atoms with Crippen LogP contribution in [0.4, 0.5) is 4.39 Å². The van der Waals surface area contributed by atoms with Crippen molar-refractivity contribution in [1.82, 2.24) is 21.7 Å². The molecule has 0 saturated carbocycles. The number of carbonyl (C=O) groups excluding carboxylic acids is 2. The first-order valence-corrected chi connectivity index (χ1v) is 8.45. The lowest BCUT2D eigenvalue weighted by Gasteiger charge is -2.12. The van der Waals surface area contributed by atoms with E-state index in [-0.39, 0.29) is 17.5 Å². The van der Waals surface area contributed by atoms with Gasteiger partial charge in [0.25, 0.3) is 11.8 Å². The normalized spacial score (nSPS) is 19.4. The van der Waals surface area contributed by atoms with Gasteiger partial charge in [-0.15, -0.1) is 0 Å². The third-order valence-electron chi connectivity index (χ3n) is 3.89. The van der Waals surface area contributed by atoms with Crippen LogP contribution in [0.1, 0.15) is 28.4 Å². The van der Waals surface area contributed by atoms with Gasteiger partial charge >= 0.3 is 0 Å². The topological polar surface area (TPSA) is 82.3 Å². The Morgan fingerprint density at radius 2 is 1.84 bits per heavy atom. The molecule has 2 aromatic carbocycles. The fraction of sp³-hybridized carbons (Fsp3) is 0.176. The van der Waals surface area contributed by atoms with Crippen LogP contribution in [-0.2, 0) is 4.79 Å². The zero-order valence-electron chi connectivity index (χ0n) is 13.1. The van der Waals surface area contributed by atoms with E-state index >= 15 is 0 Å². The predicted octanol–water partition coefficient (Wildman–Crippen LogP) is 1.96. The summed E-state index contributed by atoms with van der Waals surface area (Å²) >= 11 is 3.18. The molecule has 2 aromatic rings. The van der Waals surface area contributed by atoms with Crippen molar-refractivity contribution >= 4 is 27.7 Å². The standard InChI is InChI=1S/C17H16BrFN4O2/c18-13-7-6-11(19)8-12(13)16(24)22-23-17(25)15-9-14(20-21-15)10-4-2-1-3-5-10/h1-8,14-15,20-21H,9H2,(H,22,24)(H,23,25). The van der Waals surface area contributed by atoms with Crippen LogP contribution >= 0.6 is 15.9 Å². The number of carbonyl (C=O) groups is 2. The monoisotopic (exact) mass is 406 g/mol. The first kappa shape index (κ1) is 17.5. The van der Waals surface area contributed by atoms with Crippen molar-refractivity contribution in [2.45, 2.75) is 18.5 Å². The quantitative estimate of drug-likeness (QED) is 0.587. The summed E-state index contributed by atoms with van der Waals surface area (Å²) in [5.74, 6) is -1.52. The molecular formula is C17H16BrFN4O2. The maximum Gasteiger partial charge on any atom is 0.270 e. The van der Waals surface area contributed by atoms with Crippen LogP contribution in [0.15, 0.2) is 53.0 Å². The summed E-state index contributed by atoms with van der Waals surface area (Å²) in [6.45, 7) is 0. The molecule has 1 saturated heterocycles. The van der Waals surface area contributed by atoms with E-state index in [1.165, 1.54) is 12.1 Å². The molecule has 6 nitrogen and oxygen atoms in total. The summed E-state index contributed by atoms with van der Waals surface area (Å²) in [4.78, 5) is 24.3. The van der Waals surface area contributed by atoms with E-state index in [9.17, 15) is 14.0 Å². The summed E-state index contributed by atoms with van der Waals surface area (Å²) < 4.78 is 13.7. The Balaban J connectivity index is 1.55. The Kier molecular flexibility index (Phi) is 5.42. The number of benzene rings is 2. The predicted molar refractivity (Wildman–Crippen MR) is 93.6 cm³/mol. The summed E-state index contributed by atoms with van der Waals surface area (Å²) in [5.41, 5.74) is 11.8. The summed E-state index contributed by atoms with van der Waals surface area (Å²) in [6.07, 6.45) is 0.537. The van der Waals surface area contributed by atoms with Crippen molar-refractivity contribution in [2.75, 3.05) is 0 Å². The van der Waals surface area contributed by atoms with Crippen LogP contribution in [-0.4, -0.2) is 17.9 Å². The average molecular weight is 407 g/mol. The molecule has 2 atom stereocenters. The molecule has 8 heteroatoms. The highest BCUT2D eigenvalue weighted by atomic mass is 79.9. The highest BCUT2D eigenvalue weighted by molar-refractivity contribution is 9.10. The van der Waals surface area contributed by atoms with Gasteiger partial charge in [0.2, 0.25) is 0 Å². The Bertz CT molecular complexity index is 787. The van der Waals surface area contributed by atoms with E-state index < -0.39 is 17.8 Å². The molecule has 2 amide bonds. The first-order chi connectivity index (χ1) is 12.0.